The van der Waals surface area contributed by atoms with Crippen LogP contribution in [0.3, 0.4) is 0 Å². The van der Waals surface area contributed by atoms with Crippen molar-refractivity contribution < 1.29 is 6.17 Å². The molecule has 0 saturated carbocycles. The second-order valence-corrected chi connectivity index (χ2v) is 0.804. The fourth-order valence-corrected chi connectivity index (χ4v) is 0.0722. The highest BCUT2D eigenvalue weighted by molar-refractivity contribution is 5.77. The summed E-state index contributed by atoms with van der Waals surface area (Å²) in [5.74, 6) is -0.282. The minimum Gasteiger partial charge on any atom is -0.358 e. The summed E-state index contributed by atoms with van der Waals surface area (Å²) in [5.41, 5.74) is 4.86. The standard InChI is InChI=1S/C3H8N2O/c1-5-3(6)2-4/h2,4H2,1H3,(H,5,6)/i1D. The number of amides is 1. The molecule has 0 unspecified atom stereocenters. The van der Waals surface area contributed by atoms with Gasteiger partial charge in [-0.05, 0) is 0 Å². The maximum absolute atomic E-state index is 10.1. The van der Waals surface area contributed by atoms with E-state index in [1.807, 2.05) is 0 Å². The van der Waals surface area contributed by atoms with Crippen molar-refractivity contribution in [2.45, 2.75) is 0 Å². The molecule has 0 atom stereocenters. The van der Waals surface area contributed by atoms with Crippen molar-refractivity contribution in [3.05, 3.63) is 0 Å². The van der Waals surface area contributed by atoms with Gasteiger partial charge in [-0.25, -0.2) is 0 Å². The van der Waals surface area contributed by atoms with E-state index in [0.717, 1.165) is 0 Å². The van der Waals surface area contributed by atoms with Gasteiger partial charge in [0.1, 0.15) is 0 Å². The van der Waals surface area contributed by atoms with E-state index in [-0.39, 0.29) is 19.5 Å². The predicted octanol–water partition coefficient (Wildman–Crippen LogP) is -1.31. The Hall–Kier alpha value is -0.570. The molecule has 0 bridgehead atoms. The number of carbonyl (C=O) groups is 1. The summed E-state index contributed by atoms with van der Waals surface area (Å²) in [6.45, 7) is -0.0289. The summed E-state index contributed by atoms with van der Waals surface area (Å²) in [4.78, 5) is 10.1. The Morgan fingerprint density at radius 3 is 3.17 bits per heavy atom. The van der Waals surface area contributed by atoms with E-state index < -0.39 is 0 Å². The molecule has 0 spiro atoms. The van der Waals surface area contributed by atoms with Gasteiger partial charge in [-0.15, -0.1) is 0 Å². The maximum atomic E-state index is 10.1. The molecular weight excluding hydrogens is 80.0 g/mol. The number of likely N-dealkylation sites (N-methyl/N-ethyl adjacent to an activating group) is 1. The maximum Gasteiger partial charge on any atom is 0.233 e. The van der Waals surface area contributed by atoms with Crippen LogP contribution in [0.4, 0.5) is 0 Å². The van der Waals surface area contributed by atoms with Crippen LogP contribution in [-0.2, 0) is 4.79 Å². The van der Waals surface area contributed by atoms with Gasteiger partial charge in [0.05, 0.1) is 6.54 Å². The second-order valence-electron chi connectivity index (χ2n) is 0.804. The minimum absolute atomic E-state index is 0.0289. The molecule has 6 heavy (non-hydrogen) atoms. The third-order valence-electron chi connectivity index (χ3n) is 0.383. The molecule has 0 radical (unpaired) electrons. The summed E-state index contributed by atoms with van der Waals surface area (Å²) < 4.78 is 6.45. The molecule has 3 nitrogen and oxygen atoms in total. The van der Waals surface area contributed by atoms with E-state index in [4.69, 9.17) is 7.10 Å². The van der Waals surface area contributed by atoms with Crippen LogP contribution in [-0.4, -0.2) is 19.5 Å². The van der Waals surface area contributed by atoms with Crippen LogP contribution in [0, 0.1) is 0 Å². The minimum atomic E-state index is -0.282. The van der Waals surface area contributed by atoms with Gasteiger partial charge in [-0.2, -0.15) is 0 Å². The van der Waals surface area contributed by atoms with Gasteiger partial charge >= 0.3 is 0 Å². The molecule has 0 aromatic rings. The van der Waals surface area contributed by atoms with Crippen molar-refractivity contribution in [3.63, 3.8) is 0 Å². The van der Waals surface area contributed by atoms with Gasteiger partial charge < -0.3 is 11.1 Å². The molecule has 0 aromatic carbocycles. The molecule has 0 aromatic heterocycles. The van der Waals surface area contributed by atoms with Crippen LogP contribution in [0.5, 0.6) is 0 Å². The molecule has 0 heterocycles. The highest BCUT2D eigenvalue weighted by atomic mass is 16.1. The van der Waals surface area contributed by atoms with E-state index in [1.54, 1.807) is 0 Å². The van der Waals surface area contributed by atoms with Crippen molar-refractivity contribution in [2.75, 3.05) is 13.6 Å². The molecule has 3 N–H and O–H groups in total. The third-order valence-corrected chi connectivity index (χ3v) is 0.383. The number of hydrogen-bond acceptors (Lipinski definition) is 2. The summed E-state index contributed by atoms with van der Waals surface area (Å²) in [6.07, 6.45) is 0. The first-order valence-corrected chi connectivity index (χ1v) is 1.57. The second kappa shape index (κ2) is 2.66. The molecule has 0 fully saturated rings. The fourth-order valence-electron chi connectivity index (χ4n) is 0.0722. The van der Waals surface area contributed by atoms with Crippen LogP contribution in [0.15, 0.2) is 0 Å². The summed E-state index contributed by atoms with van der Waals surface area (Å²) in [6, 6.07) is 0. The number of nitrogens with two attached hydrogens (primary N) is 1. The predicted molar refractivity (Wildman–Crippen MR) is 23.1 cm³/mol. The lowest BCUT2D eigenvalue weighted by Crippen LogP contribution is -2.26. The fraction of sp³-hybridized carbons (Fsp3) is 0.667. The molecule has 0 aliphatic heterocycles. The summed E-state index contributed by atoms with van der Waals surface area (Å²) in [7, 11) is -0.0873. The molecule has 0 aliphatic carbocycles. The molecule has 0 aliphatic rings. The zero-order chi connectivity index (χ0) is 5.70. The van der Waals surface area contributed by atoms with Crippen molar-refractivity contribution in [1.29, 1.82) is 0 Å². The molecule has 0 rings (SSSR count). The molecule has 0 saturated heterocycles. The molecule has 3 heteroatoms. The Balaban J connectivity index is 3.00. The van der Waals surface area contributed by atoms with Crippen molar-refractivity contribution in [1.82, 2.24) is 5.32 Å². The van der Waals surface area contributed by atoms with Gasteiger partial charge in [0.15, 0.2) is 0 Å². The van der Waals surface area contributed by atoms with Crippen molar-refractivity contribution in [2.24, 2.45) is 5.73 Å². The largest absolute Gasteiger partial charge is 0.358 e. The van der Waals surface area contributed by atoms with Crippen molar-refractivity contribution >= 4 is 5.91 Å². The van der Waals surface area contributed by atoms with E-state index in [0.29, 0.717) is 0 Å². The lowest BCUT2D eigenvalue weighted by Gasteiger charge is -1.87. The number of nitrogens with one attached hydrogen (secondary N) is 1. The normalized spacial score (nSPS) is 9.83. The van der Waals surface area contributed by atoms with Crippen LogP contribution >= 0.6 is 0 Å². The third kappa shape index (κ3) is 1.72. The van der Waals surface area contributed by atoms with Gasteiger partial charge in [0.2, 0.25) is 5.91 Å². The van der Waals surface area contributed by atoms with E-state index >= 15 is 0 Å². The van der Waals surface area contributed by atoms with Gasteiger partial charge in [0, 0.05) is 8.39 Å². The topological polar surface area (TPSA) is 55.1 Å². The van der Waals surface area contributed by atoms with Crippen LogP contribution in [0.25, 0.3) is 0 Å². The van der Waals surface area contributed by atoms with Gasteiger partial charge in [0.25, 0.3) is 0 Å². The highest BCUT2D eigenvalue weighted by Crippen LogP contribution is 1.46. The number of rotatable bonds is 1. The highest BCUT2D eigenvalue weighted by Gasteiger charge is 1.84. The Labute approximate surface area is 37.9 Å². The first-order valence-electron chi connectivity index (χ1n) is 2.28. The van der Waals surface area contributed by atoms with Crippen LogP contribution < -0.4 is 11.1 Å². The number of carbonyl (C=O) groups excluding carboxylic acids is 1. The van der Waals surface area contributed by atoms with E-state index in [2.05, 4.69) is 5.32 Å². The van der Waals surface area contributed by atoms with E-state index in [1.165, 1.54) is 0 Å². The summed E-state index contributed by atoms with van der Waals surface area (Å²) >= 11 is 0. The zero-order valence-electron chi connectivity index (χ0n) is 4.40. The lowest BCUT2D eigenvalue weighted by molar-refractivity contribution is -0.119. The Bertz CT molecular complexity index is 66.0. The van der Waals surface area contributed by atoms with Gasteiger partial charge in [-0.1, -0.05) is 0 Å². The zero-order valence-corrected chi connectivity index (χ0v) is 3.40. The lowest BCUT2D eigenvalue weighted by atomic mass is 10.6. The Kier molecular flexibility index (Phi) is 1.60. The van der Waals surface area contributed by atoms with E-state index in [9.17, 15) is 4.79 Å². The Morgan fingerprint density at radius 1 is 2.33 bits per heavy atom. The number of hydrogen-bond donors (Lipinski definition) is 2. The van der Waals surface area contributed by atoms with Crippen LogP contribution in [0.1, 0.15) is 1.37 Å². The molecule has 36 valence electrons. The Morgan fingerprint density at radius 2 is 3.00 bits per heavy atom. The molecular formula is C3H8N2O. The first kappa shape index (κ1) is 3.61. The van der Waals surface area contributed by atoms with Crippen molar-refractivity contribution in [3.8, 4) is 0 Å². The van der Waals surface area contributed by atoms with Crippen LogP contribution in [0.2, 0.25) is 0 Å². The first-order chi connectivity index (χ1) is 3.31. The smallest absolute Gasteiger partial charge is 0.233 e. The average Bonchev–Trinajstić information content (AvgIpc) is 1.68. The SMILES string of the molecule is [2H]CNC(=O)CN. The summed E-state index contributed by atoms with van der Waals surface area (Å²) in [5, 5.41) is 2.20. The quantitative estimate of drug-likeness (QED) is 0.419. The van der Waals surface area contributed by atoms with Gasteiger partial charge in [-0.3, -0.25) is 4.79 Å². The monoisotopic (exact) mass is 89.1 g/mol. The molecule has 1 amide bonds. The average molecular weight is 89.1 g/mol.